The Morgan fingerprint density at radius 2 is 1.59 bits per heavy atom. The van der Waals surface area contributed by atoms with Gasteiger partial charge in [-0.15, -0.1) is 0 Å². The highest BCUT2D eigenvalue weighted by molar-refractivity contribution is 6.27. The van der Waals surface area contributed by atoms with Crippen molar-refractivity contribution >= 4 is 11.9 Å². The number of ether oxygens (including phenoxy) is 1. The molecule has 0 aliphatic heterocycles. The molecule has 6 heteroatoms. The first kappa shape index (κ1) is 24.2. The van der Waals surface area contributed by atoms with E-state index in [9.17, 15) is 0 Å². The monoisotopic (exact) mass is 401 g/mol. The van der Waals surface area contributed by atoms with Crippen LogP contribution in [0.25, 0.3) is 0 Å². The van der Waals surface area contributed by atoms with Crippen LogP contribution in [0.4, 0.5) is 0 Å². The summed E-state index contributed by atoms with van der Waals surface area (Å²) in [7, 11) is 2.14. The molecule has 0 aromatic heterocycles. The first-order valence-corrected chi connectivity index (χ1v) is 9.43. The van der Waals surface area contributed by atoms with Gasteiger partial charge in [0, 0.05) is 13.1 Å². The number of aryl methyl sites for hydroxylation is 1. The predicted molar refractivity (Wildman–Crippen MR) is 113 cm³/mol. The molecule has 2 aromatic rings. The standard InChI is InChI=1S/C21H29NO.C2H2O4/c1-17-11-12-19(21(2,3)4)20(15-17)23-14-13-22(5)16-18-9-7-6-8-10-18;3-1(4)2(5)6/h6-12,15H,13-14,16H2,1-5H3;(H,3,4)(H,5,6). The maximum absolute atomic E-state index is 9.10. The second-order valence-electron chi connectivity index (χ2n) is 7.93. The summed E-state index contributed by atoms with van der Waals surface area (Å²) in [6, 6.07) is 17.1. The highest BCUT2D eigenvalue weighted by atomic mass is 16.5. The Morgan fingerprint density at radius 3 is 2.10 bits per heavy atom. The summed E-state index contributed by atoms with van der Waals surface area (Å²) in [5.41, 5.74) is 3.94. The number of hydrogen-bond acceptors (Lipinski definition) is 4. The van der Waals surface area contributed by atoms with E-state index in [1.54, 1.807) is 0 Å². The van der Waals surface area contributed by atoms with Gasteiger partial charge in [0.05, 0.1) is 0 Å². The summed E-state index contributed by atoms with van der Waals surface area (Å²) in [6.45, 7) is 11.4. The highest BCUT2D eigenvalue weighted by Gasteiger charge is 2.19. The first-order valence-electron chi connectivity index (χ1n) is 9.43. The molecule has 0 fully saturated rings. The van der Waals surface area contributed by atoms with Gasteiger partial charge in [-0.2, -0.15) is 0 Å². The summed E-state index contributed by atoms with van der Waals surface area (Å²) in [5, 5.41) is 14.8. The maximum Gasteiger partial charge on any atom is 0.414 e. The third-order valence-electron chi connectivity index (χ3n) is 4.15. The van der Waals surface area contributed by atoms with E-state index in [4.69, 9.17) is 24.5 Å². The molecule has 0 amide bonds. The van der Waals surface area contributed by atoms with Crippen molar-refractivity contribution in [2.24, 2.45) is 0 Å². The number of carboxylic acid groups (broad SMARTS) is 2. The molecule has 0 atom stereocenters. The molecule has 0 radical (unpaired) electrons. The lowest BCUT2D eigenvalue weighted by Crippen LogP contribution is -2.24. The lowest BCUT2D eigenvalue weighted by molar-refractivity contribution is -0.159. The molecular weight excluding hydrogens is 370 g/mol. The number of aliphatic carboxylic acids is 2. The van der Waals surface area contributed by atoms with Gasteiger partial charge in [-0.3, -0.25) is 4.90 Å². The molecule has 0 bridgehead atoms. The molecule has 2 rings (SSSR count). The molecule has 0 unspecified atom stereocenters. The van der Waals surface area contributed by atoms with Gasteiger partial charge in [0.2, 0.25) is 0 Å². The van der Waals surface area contributed by atoms with Crippen molar-refractivity contribution in [1.82, 2.24) is 4.90 Å². The van der Waals surface area contributed by atoms with Gasteiger partial charge in [0.25, 0.3) is 0 Å². The van der Waals surface area contributed by atoms with Crippen LogP contribution < -0.4 is 4.74 Å². The SMILES string of the molecule is Cc1ccc(C(C)(C)C)c(OCCN(C)Cc2ccccc2)c1.O=C(O)C(=O)O. The molecule has 0 spiro atoms. The molecule has 158 valence electrons. The molecule has 0 aliphatic carbocycles. The molecule has 0 heterocycles. The number of likely N-dealkylation sites (N-methyl/N-ethyl adjacent to an activating group) is 1. The summed E-state index contributed by atoms with van der Waals surface area (Å²) in [5.74, 6) is -2.63. The number of rotatable bonds is 6. The summed E-state index contributed by atoms with van der Waals surface area (Å²) in [4.78, 5) is 20.5. The quantitative estimate of drug-likeness (QED) is 0.713. The van der Waals surface area contributed by atoms with E-state index in [0.717, 1.165) is 18.8 Å². The Bertz CT molecular complexity index is 785. The molecular formula is C23H31NO5. The fourth-order valence-electron chi connectivity index (χ4n) is 2.65. The lowest BCUT2D eigenvalue weighted by Gasteiger charge is -2.24. The fourth-order valence-corrected chi connectivity index (χ4v) is 2.65. The number of carboxylic acids is 2. The minimum Gasteiger partial charge on any atom is -0.492 e. The molecule has 0 saturated carbocycles. The van der Waals surface area contributed by atoms with Crippen LogP contribution in [-0.4, -0.2) is 47.3 Å². The van der Waals surface area contributed by atoms with Gasteiger partial charge >= 0.3 is 11.9 Å². The van der Waals surface area contributed by atoms with Crippen LogP contribution in [0.5, 0.6) is 5.75 Å². The smallest absolute Gasteiger partial charge is 0.414 e. The zero-order chi connectivity index (χ0) is 22.0. The van der Waals surface area contributed by atoms with Gasteiger partial charge in [0.15, 0.2) is 0 Å². The van der Waals surface area contributed by atoms with E-state index >= 15 is 0 Å². The van der Waals surface area contributed by atoms with E-state index in [2.05, 4.69) is 88.2 Å². The van der Waals surface area contributed by atoms with Crippen LogP contribution in [0.2, 0.25) is 0 Å². The summed E-state index contributed by atoms with van der Waals surface area (Å²) in [6.07, 6.45) is 0. The van der Waals surface area contributed by atoms with Crippen molar-refractivity contribution in [2.75, 3.05) is 20.2 Å². The van der Waals surface area contributed by atoms with Crippen molar-refractivity contribution in [3.63, 3.8) is 0 Å². The largest absolute Gasteiger partial charge is 0.492 e. The van der Waals surface area contributed by atoms with E-state index in [0.29, 0.717) is 6.61 Å². The molecule has 0 aliphatic rings. The molecule has 2 aromatic carbocycles. The van der Waals surface area contributed by atoms with E-state index in [-0.39, 0.29) is 5.41 Å². The third-order valence-corrected chi connectivity index (χ3v) is 4.15. The Kier molecular flexibility index (Phi) is 9.35. The zero-order valence-corrected chi connectivity index (χ0v) is 17.8. The van der Waals surface area contributed by atoms with Crippen molar-refractivity contribution in [2.45, 2.75) is 39.7 Å². The van der Waals surface area contributed by atoms with Crippen LogP contribution >= 0.6 is 0 Å². The van der Waals surface area contributed by atoms with Crippen molar-refractivity contribution in [3.8, 4) is 5.75 Å². The number of carbonyl (C=O) groups is 2. The van der Waals surface area contributed by atoms with Gasteiger partial charge in [0.1, 0.15) is 12.4 Å². The van der Waals surface area contributed by atoms with Gasteiger partial charge in [-0.1, -0.05) is 63.2 Å². The van der Waals surface area contributed by atoms with Crippen molar-refractivity contribution < 1.29 is 24.5 Å². The average molecular weight is 402 g/mol. The summed E-state index contributed by atoms with van der Waals surface area (Å²) < 4.78 is 6.11. The Balaban J connectivity index is 0.000000612. The number of hydrogen-bond donors (Lipinski definition) is 2. The lowest BCUT2D eigenvalue weighted by atomic mass is 9.86. The van der Waals surface area contributed by atoms with Crippen LogP contribution in [-0.2, 0) is 21.5 Å². The maximum atomic E-state index is 9.10. The fraction of sp³-hybridized carbons (Fsp3) is 0.391. The van der Waals surface area contributed by atoms with E-state index < -0.39 is 11.9 Å². The van der Waals surface area contributed by atoms with Gasteiger partial charge in [-0.25, -0.2) is 9.59 Å². The van der Waals surface area contributed by atoms with Crippen molar-refractivity contribution in [3.05, 3.63) is 65.2 Å². The Hall–Kier alpha value is -2.86. The van der Waals surface area contributed by atoms with Gasteiger partial charge < -0.3 is 14.9 Å². The average Bonchev–Trinajstić information content (AvgIpc) is 2.62. The third kappa shape index (κ3) is 9.25. The van der Waals surface area contributed by atoms with Gasteiger partial charge in [-0.05, 0) is 42.1 Å². The van der Waals surface area contributed by atoms with Crippen LogP contribution in [0.1, 0.15) is 37.5 Å². The van der Waals surface area contributed by atoms with Crippen LogP contribution in [0.3, 0.4) is 0 Å². The molecule has 2 N–H and O–H groups in total. The van der Waals surface area contributed by atoms with Crippen molar-refractivity contribution in [1.29, 1.82) is 0 Å². The molecule has 29 heavy (non-hydrogen) atoms. The Morgan fingerprint density at radius 1 is 1.00 bits per heavy atom. The molecule has 6 nitrogen and oxygen atoms in total. The zero-order valence-electron chi connectivity index (χ0n) is 17.8. The Labute approximate surface area is 172 Å². The number of benzene rings is 2. The second kappa shape index (κ2) is 11.2. The minimum atomic E-state index is -1.82. The second-order valence-corrected chi connectivity index (χ2v) is 7.93. The van der Waals surface area contributed by atoms with Crippen LogP contribution in [0.15, 0.2) is 48.5 Å². The number of nitrogens with zero attached hydrogens (tertiary/aromatic N) is 1. The van der Waals surface area contributed by atoms with Crippen LogP contribution in [0, 0.1) is 6.92 Å². The summed E-state index contributed by atoms with van der Waals surface area (Å²) >= 11 is 0. The molecule has 0 saturated heterocycles. The minimum absolute atomic E-state index is 0.0962. The van der Waals surface area contributed by atoms with E-state index in [1.165, 1.54) is 16.7 Å². The normalized spacial score (nSPS) is 10.8. The topological polar surface area (TPSA) is 87.1 Å². The first-order chi connectivity index (χ1) is 13.5. The predicted octanol–water partition coefficient (Wildman–Crippen LogP) is 3.96. The van der Waals surface area contributed by atoms with E-state index in [1.807, 2.05) is 0 Å². The highest BCUT2D eigenvalue weighted by Crippen LogP contribution is 2.32.